The summed E-state index contributed by atoms with van der Waals surface area (Å²) in [5.41, 5.74) is 1.35. The van der Waals surface area contributed by atoms with E-state index in [-0.39, 0.29) is 18.3 Å². The Morgan fingerprint density at radius 3 is 2.90 bits per heavy atom. The van der Waals surface area contributed by atoms with E-state index in [4.69, 9.17) is 0 Å². The van der Waals surface area contributed by atoms with E-state index >= 15 is 0 Å². The molecule has 3 nitrogen and oxygen atoms in total. The molecule has 0 radical (unpaired) electrons. The molecule has 0 unspecified atom stereocenters. The summed E-state index contributed by atoms with van der Waals surface area (Å²) < 4.78 is 0. The molecule has 2 heterocycles. The highest BCUT2D eigenvalue weighted by atomic mass is 35.5. The summed E-state index contributed by atoms with van der Waals surface area (Å²) in [6, 6.07) is 2.38. The molecule has 1 fully saturated rings. The quantitative estimate of drug-likeness (QED) is 0.876. The third-order valence-corrected chi connectivity index (χ3v) is 4.85. The van der Waals surface area contributed by atoms with Crippen LogP contribution >= 0.6 is 23.7 Å². The maximum atomic E-state index is 12.3. The van der Waals surface area contributed by atoms with E-state index in [1.165, 1.54) is 10.4 Å². The van der Waals surface area contributed by atoms with Gasteiger partial charge in [-0.25, -0.2) is 0 Å². The normalized spacial score (nSPS) is 18.4. The highest BCUT2D eigenvalue weighted by Crippen LogP contribution is 2.24. The summed E-state index contributed by atoms with van der Waals surface area (Å²) in [5.74, 6) is 0.107. The Kier molecular flexibility index (Phi) is 7.56. The van der Waals surface area contributed by atoms with Crippen LogP contribution < -0.4 is 10.6 Å². The number of hydrogen-bond acceptors (Lipinski definition) is 3. The Morgan fingerprint density at radius 2 is 2.30 bits per heavy atom. The lowest BCUT2D eigenvalue weighted by atomic mass is 10.1. The second kappa shape index (κ2) is 8.65. The average Bonchev–Trinajstić information content (AvgIpc) is 2.83. The van der Waals surface area contributed by atoms with E-state index in [0.717, 1.165) is 50.1 Å². The zero-order chi connectivity index (χ0) is 13.7. The van der Waals surface area contributed by atoms with E-state index in [9.17, 15) is 4.79 Å². The van der Waals surface area contributed by atoms with Gasteiger partial charge in [-0.05, 0) is 43.9 Å². The van der Waals surface area contributed by atoms with Gasteiger partial charge in [0.05, 0.1) is 4.88 Å². The summed E-state index contributed by atoms with van der Waals surface area (Å²) in [6.07, 6.45) is 5.49. The molecule has 1 aliphatic heterocycles. The van der Waals surface area contributed by atoms with E-state index < -0.39 is 0 Å². The van der Waals surface area contributed by atoms with Crippen molar-refractivity contribution >= 4 is 29.7 Å². The van der Waals surface area contributed by atoms with Crippen LogP contribution in [0.5, 0.6) is 0 Å². The standard InChI is InChI=1S/C15H24N2OS.ClH/c1-3-6-13-11(4-2)9-14(19-13)15(18)17-12-7-5-8-16-10-12;/h9,12,16H,3-8,10H2,1-2H3,(H,17,18);1H/t12-;/m0./s1. The third-order valence-electron chi connectivity index (χ3n) is 3.61. The average molecular weight is 317 g/mol. The first kappa shape index (κ1) is 17.5. The van der Waals surface area contributed by atoms with E-state index in [2.05, 4.69) is 30.5 Å². The highest BCUT2D eigenvalue weighted by molar-refractivity contribution is 7.14. The molecule has 1 amide bonds. The molecule has 0 aromatic carbocycles. The number of aryl methyl sites for hydroxylation is 2. The number of halogens is 1. The highest BCUT2D eigenvalue weighted by Gasteiger charge is 2.18. The lowest BCUT2D eigenvalue weighted by Gasteiger charge is -2.23. The number of nitrogens with one attached hydrogen (secondary N) is 2. The summed E-state index contributed by atoms with van der Waals surface area (Å²) in [7, 11) is 0. The number of carbonyl (C=O) groups is 1. The van der Waals surface area contributed by atoms with Gasteiger partial charge in [-0.2, -0.15) is 0 Å². The minimum absolute atomic E-state index is 0. The SMILES string of the molecule is CCCc1sc(C(=O)N[C@H]2CCCNC2)cc1CC.Cl. The predicted octanol–water partition coefficient (Wildman–Crippen LogP) is 3.17. The molecule has 2 rings (SSSR count). The fraction of sp³-hybridized carbons (Fsp3) is 0.667. The first-order valence-electron chi connectivity index (χ1n) is 7.37. The third kappa shape index (κ3) is 4.47. The molecule has 1 aromatic heterocycles. The molecule has 20 heavy (non-hydrogen) atoms. The maximum absolute atomic E-state index is 12.3. The predicted molar refractivity (Wildman–Crippen MR) is 88.3 cm³/mol. The lowest BCUT2D eigenvalue weighted by molar-refractivity contribution is 0.0935. The van der Waals surface area contributed by atoms with Crippen molar-refractivity contribution in [2.24, 2.45) is 0 Å². The van der Waals surface area contributed by atoms with Crippen molar-refractivity contribution in [3.05, 3.63) is 21.4 Å². The smallest absolute Gasteiger partial charge is 0.261 e. The molecule has 0 spiro atoms. The van der Waals surface area contributed by atoms with Crippen molar-refractivity contribution in [1.82, 2.24) is 10.6 Å². The second-order valence-corrected chi connectivity index (χ2v) is 6.32. The molecule has 1 atom stereocenters. The van der Waals surface area contributed by atoms with Crippen molar-refractivity contribution in [3.8, 4) is 0 Å². The monoisotopic (exact) mass is 316 g/mol. The van der Waals surface area contributed by atoms with Crippen LogP contribution in [0.15, 0.2) is 6.07 Å². The van der Waals surface area contributed by atoms with Gasteiger partial charge in [0.2, 0.25) is 0 Å². The summed E-state index contributed by atoms with van der Waals surface area (Å²) in [5, 5.41) is 6.48. The van der Waals surface area contributed by atoms with Gasteiger partial charge < -0.3 is 10.6 Å². The largest absolute Gasteiger partial charge is 0.347 e. The van der Waals surface area contributed by atoms with Crippen LogP contribution in [0.25, 0.3) is 0 Å². The number of rotatable bonds is 5. The molecule has 0 saturated carbocycles. The van der Waals surface area contributed by atoms with Crippen LogP contribution in [0.4, 0.5) is 0 Å². The molecule has 5 heteroatoms. The molecule has 1 aromatic rings. The van der Waals surface area contributed by atoms with Crippen LogP contribution in [-0.4, -0.2) is 25.0 Å². The van der Waals surface area contributed by atoms with Crippen molar-refractivity contribution in [2.45, 2.75) is 52.0 Å². The topological polar surface area (TPSA) is 41.1 Å². The van der Waals surface area contributed by atoms with Crippen molar-refractivity contribution < 1.29 is 4.79 Å². The molecule has 1 saturated heterocycles. The number of carbonyl (C=O) groups excluding carboxylic acids is 1. The van der Waals surface area contributed by atoms with Gasteiger partial charge in [0.25, 0.3) is 5.91 Å². The summed E-state index contributed by atoms with van der Waals surface area (Å²) in [6.45, 7) is 6.33. The Morgan fingerprint density at radius 1 is 1.50 bits per heavy atom. The number of thiophene rings is 1. The lowest BCUT2D eigenvalue weighted by Crippen LogP contribution is -2.45. The van der Waals surface area contributed by atoms with E-state index in [1.54, 1.807) is 11.3 Å². The molecule has 1 aliphatic rings. The first-order chi connectivity index (χ1) is 9.24. The molecule has 0 aliphatic carbocycles. The van der Waals surface area contributed by atoms with Gasteiger partial charge in [-0.15, -0.1) is 23.7 Å². The second-order valence-electron chi connectivity index (χ2n) is 5.18. The molecule has 114 valence electrons. The molecular weight excluding hydrogens is 292 g/mol. The molecular formula is C15H25ClN2OS. The van der Waals surface area contributed by atoms with Gasteiger partial charge >= 0.3 is 0 Å². The minimum Gasteiger partial charge on any atom is -0.347 e. The molecule has 0 bridgehead atoms. The van der Waals surface area contributed by atoms with E-state index in [1.807, 2.05) is 0 Å². The van der Waals surface area contributed by atoms with Gasteiger partial charge in [0, 0.05) is 17.5 Å². The zero-order valence-electron chi connectivity index (χ0n) is 12.3. The summed E-state index contributed by atoms with van der Waals surface area (Å²) >= 11 is 1.67. The van der Waals surface area contributed by atoms with Crippen LogP contribution in [0.2, 0.25) is 0 Å². The number of amides is 1. The van der Waals surface area contributed by atoms with Crippen LogP contribution in [0.3, 0.4) is 0 Å². The van der Waals surface area contributed by atoms with Crippen molar-refractivity contribution in [2.75, 3.05) is 13.1 Å². The first-order valence-corrected chi connectivity index (χ1v) is 8.19. The van der Waals surface area contributed by atoms with Gasteiger partial charge in [-0.1, -0.05) is 20.3 Å². The Bertz CT molecular complexity index is 428. The Labute approximate surface area is 131 Å². The number of piperidine rings is 1. The minimum atomic E-state index is 0. The van der Waals surface area contributed by atoms with Crippen LogP contribution in [-0.2, 0) is 12.8 Å². The Hall–Kier alpha value is -0.580. The van der Waals surface area contributed by atoms with Gasteiger partial charge in [0.1, 0.15) is 0 Å². The number of hydrogen-bond donors (Lipinski definition) is 2. The van der Waals surface area contributed by atoms with Gasteiger partial charge in [-0.3, -0.25) is 4.79 Å². The maximum Gasteiger partial charge on any atom is 0.261 e. The Balaban J connectivity index is 0.00000200. The van der Waals surface area contributed by atoms with Crippen LogP contribution in [0.1, 0.15) is 53.2 Å². The fourth-order valence-corrected chi connectivity index (χ4v) is 3.81. The fourth-order valence-electron chi connectivity index (χ4n) is 2.55. The van der Waals surface area contributed by atoms with Crippen molar-refractivity contribution in [3.63, 3.8) is 0 Å². The molecule has 2 N–H and O–H groups in total. The van der Waals surface area contributed by atoms with E-state index in [0.29, 0.717) is 6.04 Å². The van der Waals surface area contributed by atoms with Gasteiger partial charge in [0.15, 0.2) is 0 Å². The van der Waals surface area contributed by atoms with Crippen molar-refractivity contribution in [1.29, 1.82) is 0 Å². The summed E-state index contributed by atoms with van der Waals surface area (Å²) in [4.78, 5) is 14.5. The van der Waals surface area contributed by atoms with Crippen LogP contribution in [0, 0.1) is 0 Å². The zero-order valence-corrected chi connectivity index (χ0v) is 14.0.